The average Bonchev–Trinajstić information content (AvgIpc) is 3.02. The lowest BCUT2D eigenvalue weighted by atomic mass is 10.1. The van der Waals surface area contributed by atoms with Crippen LogP contribution >= 0.6 is 0 Å². The van der Waals surface area contributed by atoms with Crippen LogP contribution in [0.5, 0.6) is 0 Å². The largest absolute Gasteiger partial charge is 0.324 e. The number of benzene rings is 2. The minimum atomic E-state index is 0.0813. The maximum atomic E-state index is 12.6. The van der Waals surface area contributed by atoms with Crippen LogP contribution in [0.3, 0.4) is 0 Å². The number of fused-ring (bicyclic) bond motifs is 1. The number of carbonyl (C=O) groups excluding carboxylic acids is 1. The van der Waals surface area contributed by atoms with Crippen molar-refractivity contribution in [3.05, 3.63) is 90.8 Å². The second-order valence-electron chi connectivity index (χ2n) is 5.70. The van der Waals surface area contributed by atoms with Gasteiger partial charge >= 0.3 is 0 Å². The molecule has 0 fully saturated rings. The maximum Gasteiger partial charge on any atom is 0.182 e. The van der Waals surface area contributed by atoms with E-state index in [0.29, 0.717) is 0 Å². The fourth-order valence-electron chi connectivity index (χ4n) is 2.96. The lowest BCUT2D eigenvalue weighted by Crippen LogP contribution is -2.09. The van der Waals surface area contributed by atoms with Crippen molar-refractivity contribution in [2.75, 3.05) is 0 Å². The third-order valence-corrected chi connectivity index (χ3v) is 4.13. The normalized spacial score (nSPS) is 10.8. The molecule has 0 bridgehead atoms. The summed E-state index contributed by atoms with van der Waals surface area (Å²) in [5.41, 5.74) is 3.78. The summed E-state index contributed by atoms with van der Waals surface area (Å²) in [5, 5.41) is 1.06. The van der Waals surface area contributed by atoms with E-state index in [9.17, 15) is 4.79 Å². The topological polar surface area (TPSA) is 34.9 Å². The van der Waals surface area contributed by atoms with E-state index >= 15 is 0 Å². The SMILES string of the molecule is O=C(Cn1cc(-c2ccccc2)c2cccnc21)c1ccccc1. The minimum Gasteiger partial charge on any atom is -0.324 e. The molecule has 116 valence electrons. The average molecular weight is 312 g/mol. The van der Waals surface area contributed by atoms with Crippen molar-refractivity contribution in [2.24, 2.45) is 0 Å². The van der Waals surface area contributed by atoms with Crippen LogP contribution in [0.4, 0.5) is 0 Å². The summed E-state index contributed by atoms with van der Waals surface area (Å²) < 4.78 is 1.94. The molecule has 0 saturated carbocycles. The van der Waals surface area contributed by atoms with Crippen molar-refractivity contribution in [2.45, 2.75) is 6.54 Å². The number of carbonyl (C=O) groups is 1. The number of aromatic nitrogens is 2. The molecule has 2 aromatic carbocycles. The van der Waals surface area contributed by atoms with Gasteiger partial charge < -0.3 is 4.57 Å². The first-order valence-electron chi connectivity index (χ1n) is 7.90. The standard InChI is InChI=1S/C21H16N2O/c24-20(17-10-5-2-6-11-17)15-23-14-19(16-8-3-1-4-9-16)18-12-7-13-22-21(18)23/h1-14H,15H2. The van der Waals surface area contributed by atoms with Crippen LogP contribution in [0.25, 0.3) is 22.2 Å². The highest BCUT2D eigenvalue weighted by atomic mass is 16.1. The van der Waals surface area contributed by atoms with Gasteiger partial charge in [0.1, 0.15) is 5.65 Å². The second-order valence-corrected chi connectivity index (χ2v) is 5.70. The molecular formula is C21H16N2O. The van der Waals surface area contributed by atoms with Gasteiger partial charge in [0.05, 0.1) is 6.54 Å². The number of Topliss-reactive ketones (excluding diaryl/α,β-unsaturated/α-hetero) is 1. The van der Waals surface area contributed by atoms with Crippen LogP contribution in [0.2, 0.25) is 0 Å². The lowest BCUT2D eigenvalue weighted by molar-refractivity contribution is 0.0973. The van der Waals surface area contributed by atoms with E-state index in [1.807, 2.05) is 71.4 Å². The second kappa shape index (κ2) is 6.13. The zero-order valence-electron chi connectivity index (χ0n) is 13.1. The van der Waals surface area contributed by atoms with Gasteiger partial charge in [-0.25, -0.2) is 4.98 Å². The van der Waals surface area contributed by atoms with E-state index < -0.39 is 0 Å². The minimum absolute atomic E-state index is 0.0813. The smallest absolute Gasteiger partial charge is 0.182 e. The molecule has 0 amide bonds. The number of pyridine rings is 1. The first-order chi connectivity index (χ1) is 11.8. The maximum absolute atomic E-state index is 12.6. The van der Waals surface area contributed by atoms with E-state index in [4.69, 9.17) is 0 Å². The number of rotatable bonds is 4. The van der Waals surface area contributed by atoms with Gasteiger partial charge in [0.2, 0.25) is 0 Å². The molecule has 4 rings (SSSR count). The molecule has 2 aromatic heterocycles. The van der Waals surface area contributed by atoms with Crippen LogP contribution in [0.1, 0.15) is 10.4 Å². The summed E-state index contributed by atoms with van der Waals surface area (Å²) in [4.78, 5) is 17.0. The Morgan fingerprint density at radius 2 is 1.58 bits per heavy atom. The van der Waals surface area contributed by atoms with Crippen molar-refractivity contribution in [1.29, 1.82) is 0 Å². The van der Waals surface area contributed by atoms with Gasteiger partial charge in [0.15, 0.2) is 5.78 Å². The third-order valence-electron chi connectivity index (χ3n) is 4.13. The van der Waals surface area contributed by atoms with Gasteiger partial charge in [-0.2, -0.15) is 0 Å². The molecule has 0 aliphatic carbocycles. The van der Waals surface area contributed by atoms with Crippen molar-refractivity contribution >= 4 is 16.8 Å². The first kappa shape index (κ1) is 14.4. The molecule has 0 unspecified atom stereocenters. The van der Waals surface area contributed by atoms with E-state index in [1.165, 1.54) is 0 Å². The van der Waals surface area contributed by atoms with Gasteiger partial charge in [0, 0.05) is 28.9 Å². The van der Waals surface area contributed by atoms with Crippen LogP contribution in [-0.2, 0) is 6.54 Å². The van der Waals surface area contributed by atoms with Crippen molar-refractivity contribution in [1.82, 2.24) is 9.55 Å². The zero-order valence-corrected chi connectivity index (χ0v) is 13.1. The Kier molecular flexibility index (Phi) is 3.67. The number of hydrogen-bond donors (Lipinski definition) is 0. The summed E-state index contributed by atoms with van der Waals surface area (Å²) in [6, 6.07) is 23.5. The van der Waals surface area contributed by atoms with Gasteiger partial charge in [0.25, 0.3) is 0 Å². The molecule has 0 radical (unpaired) electrons. The van der Waals surface area contributed by atoms with Gasteiger partial charge in [-0.1, -0.05) is 60.7 Å². The fraction of sp³-hybridized carbons (Fsp3) is 0.0476. The van der Waals surface area contributed by atoms with Crippen LogP contribution in [0, 0.1) is 0 Å². The lowest BCUT2D eigenvalue weighted by Gasteiger charge is -2.04. The van der Waals surface area contributed by atoms with E-state index in [-0.39, 0.29) is 12.3 Å². The summed E-state index contributed by atoms with van der Waals surface area (Å²) in [7, 11) is 0. The molecule has 24 heavy (non-hydrogen) atoms. The van der Waals surface area contributed by atoms with Gasteiger partial charge in [-0.3, -0.25) is 4.79 Å². The zero-order chi connectivity index (χ0) is 16.4. The number of hydrogen-bond acceptors (Lipinski definition) is 2. The quantitative estimate of drug-likeness (QED) is 0.517. The van der Waals surface area contributed by atoms with E-state index in [0.717, 1.165) is 27.7 Å². The molecule has 0 aliphatic heterocycles. The molecule has 0 aliphatic rings. The number of ketones is 1. The first-order valence-corrected chi connectivity index (χ1v) is 7.90. The molecule has 0 atom stereocenters. The van der Waals surface area contributed by atoms with Gasteiger partial charge in [-0.15, -0.1) is 0 Å². The molecule has 3 heteroatoms. The molecule has 3 nitrogen and oxygen atoms in total. The third kappa shape index (κ3) is 2.61. The predicted octanol–water partition coefficient (Wildman–Crippen LogP) is 4.59. The summed E-state index contributed by atoms with van der Waals surface area (Å²) in [5.74, 6) is 0.0813. The monoisotopic (exact) mass is 312 g/mol. The van der Waals surface area contributed by atoms with E-state index in [1.54, 1.807) is 6.20 Å². The molecular weight excluding hydrogens is 296 g/mol. The Hall–Kier alpha value is -3.20. The molecule has 2 heterocycles. The van der Waals surface area contributed by atoms with Crippen molar-refractivity contribution in [3.63, 3.8) is 0 Å². The van der Waals surface area contributed by atoms with Crippen molar-refractivity contribution in [3.8, 4) is 11.1 Å². The highest BCUT2D eigenvalue weighted by Gasteiger charge is 2.14. The van der Waals surface area contributed by atoms with Crippen molar-refractivity contribution < 1.29 is 4.79 Å². The summed E-state index contributed by atoms with van der Waals surface area (Å²) in [6.45, 7) is 0.282. The Labute approximate surface area is 140 Å². The molecule has 4 aromatic rings. The fourth-order valence-corrected chi connectivity index (χ4v) is 2.96. The summed E-state index contributed by atoms with van der Waals surface area (Å²) >= 11 is 0. The highest BCUT2D eigenvalue weighted by molar-refractivity contribution is 5.98. The Bertz CT molecular complexity index is 988. The molecule has 0 saturated heterocycles. The highest BCUT2D eigenvalue weighted by Crippen LogP contribution is 2.29. The molecule has 0 N–H and O–H groups in total. The number of nitrogens with zero attached hydrogens (tertiary/aromatic N) is 2. The Morgan fingerprint density at radius 1 is 0.875 bits per heavy atom. The summed E-state index contributed by atoms with van der Waals surface area (Å²) in [6.07, 6.45) is 3.79. The van der Waals surface area contributed by atoms with Crippen LogP contribution in [0.15, 0.2) is 85.2 Å². The van der Waals surface area contributed by atoms with Crippen LogP contribution < -0.4 is 0 Å². The van der Waals surface area contributed by atoms with Crippen LogP contribution in [-0.4, -0.2) is 15.3 Å². The Morgan fingerprint density at radius 3 is 2.33 bits per heavy atom. The molecule has 0 spiro atoms. The predicted molar refractivity (Wildman–Crippen MR) is 95.9 cm³/mol. The van der Waals surface area contributed by atoms with Gasteiger partial charge in [-0.05, 0) is 17.7 Å². The van der Waals surface area contributed by atoms with E-state index in [2.05, 4.69) is 17.1 Å². The Balaban J connectivity index is 1.78.